The predicted molar refractivity (Wildman–Crippen MR) is 212 cm³/mol. The number of phosphoric ester groups is 1. The minimum absolute atomic E-state index is 0.148. The highest BCUT2D eigenvalue weighted by atomic mass is 31.2. The lowest BCUT2D eigenvalue weighted by atomic mass is 10.1. The lowest BCUT2D eigenvalue weighted by Gasteiger charge is -2.12. The van der Waals surface area contributed by atoms with E-state index in [0.717, 1.165) is 72.8 Å². The summed E-state index contributed by atoms with van der Waals surface area (Å²) < 4.78 is 34.1. The van der Waals surface area contributed by atoms with E-state index >= 15 is 0 Å². The molecule has 0 saturated heterocycles. The molecule has 0 aliphatic carbocycles. The summed E-state index contributed by atoms with van der Waals surface area (Å²) in [7, 11) is -4.07. The first-order chi connectivity index (χ1) is 25.9. The second-order valence-electron chi connectivity index (χ2n) is 12.9. The minimum atomic E-state index is -4.07. The number of benzene rings is 4. The maximum Gasteiger partial charge on any atom is 0.472 e. The summed E-state index contributed by atoms with van der Waals surface area (Å²) in [6.07, 6.45) is 11.4. The van der Waals surface area contributed by atoms with Gasteiger partial charge in [-0.3, -0.25) is 9.05 Å². The molecule has 4 aromatic carbocycles. The van der Waals surface area contributed by atoms with E-state index in [1.807, 2.05) is 72.8 Å². The van der Waals surface area contributed by atoms with Crippen LogP contribution >= 0.6 is 7.82 Å². The highest BCUT2D eigenvalue weighted by Crippen LogP contribution is 2.43. The third-order valence-electron chi connectivity index (χ3n) is 8.37. The number of ether oxygens (including phenoxy) is 2. The topological polar surface area (TPSA) is 124 Å². The summed E-state index contributed by atoms with van der Waals surface area (Å²) in [5, 5.41) is 17.3. The van der Waals surface area contributed by atoms with Gasteiger partial charge < -0.3 is 14.4 Å². The van der Waals surface area contributed by atoms with Crippen molar-refractivity contribution in [2.24, 2.45) is 20.5 Å². The number of nitrogens with zero attached hydrogens (tertiary/aromatic N) is 4. The first-order valence-corrected chi connectivity index (χ1v) is 20.5. The van der Waals surface area contributed by atoms with Crippen molar-refractivity contribution in [3.05, 3.63) is 108 Å². The van der Waals surface area contributed by atoms with E-state index in [1.165, 1.54) is 36.8 Å². The first-order valence-electron chi connectivity index (χ1n) is 19.0. The van der Waals surface area contributed by atoms with Crippen molar-refractivity contribution in [1.82, 2.24) is 0 Å². The highest BCUT2D eigenvalue weighted by molar-refractivity contribution is 7.47. The highest BCUT2D eigenvalue weighted by Gasteiger charge is 2.20. The Bertz CT molecular complexity index is 1560. The number of azo groups is 2. The zero-order chi connectivity index (χ0) is 37.4. The number of hydrogen-bond acceptors (Lipinski definition) is 9. The van der Waals surface area contributed by atoms with Gasteiger partial charge in [0.1, 0.15) is 11.5 Å². The normalized spacial score (nSPS) is 12.7. The second kappa shape index (κ2) is 24.2. The molecule has 0 amide bonds. The van der Waals surface area contributed by atoms with E-state index in [0.29, 0.717) is 26.1 Å². The van der Waals surface area contributed by atoms with E-state index in [9.17, 15) is 9.46 Å². The molecule has 0 aromatic heterocycles. The molecule has 11 heteroatoms. The van der Waals surface area contributed by atoms with Crippen molar-refractivity contribution in [3.8, 4) is 11.5 Å². The van der Waals surface area contributed by atoms with Crippen LogP contribution in [0.4, 0.5) is 22.7 Å². The molecule has 0 radical (unpaired) electrons. The fraction of sp³-hybridized carbons (Fsp3) is 0.429. The summed E-state index contributed by atoms with van der Waals surface area (Å²) >= 11 is 0. The van der Waals surface area contributed by atoms with Crippen molar-refractivity contribution < 1.29 is 28.0 Å². The molecule has 4 rings (SSSR count). The minimum Gasteiger partial charge on any atom is -0.494 e. The van der Waals surface area contributed by atoms with Gasteiger partial charge in [-0.1, -0.05) is 51.0 Å². The number of unbranched alkanes of at least 4 members (excludes halogenated alkanes) is 6. The third kappa shape index (κ3) is 17.4. The van der Waals surface area contributed by atoms with E-state index in [2.05, 4.69) is 58.6 Å². The van der Waals surface area contributed by atoms with Crippen LogP contribution in [0.2, 0.25) is 0 Å². The molecule has 0 atom stereocenters. The van der Waals surface area contributed by atoms with Crippen LogP contribution in [-0.4, -0.2) is 31.3 Å². The summed E-state index contributed by atoms with van der Waals surface area (Å²) in [5.74, 6) is 1.51. The average molecular weight is 743 g/mol. The van der Waals surface area contributed by atoms with E-state index < -0.39 is 7.82 Å². The Morgan fingerprint density at radius 3 is 1.11 bits per heavy atom. The van der Waals surface area contributed by atoms with Crippen LogP contribution in [0.3, 0.4) is 0 Å². The smallest absolute Gasteiger partial charge is 0.472 e. The molecular weight excluding hydrogens is 687 g/mol. The molecule has 0 heterocycles. The zero-order valence-corrected chi connectivity index (χ0v) is 32.2. The Balaban J connectivity index is 0.977. The van der Waals surface area contributed by atoms with Crippen LogP contribution in [-0.2, 0) is 26.5 Å². The van der Waals surface area contributed by atoms with Crippen molar-refractivity contribution >= 4 is 30.6 Å². The number of aryl methyl sites for hydroxylation is 2. The van der Waals surface area contributed by atoms with Crippen LogP contribution in [0, 0.1) is 0 Å². The SMILES string of the molecule is CCCCc1ccc(N=Nc2ccc(OCCCCCOP(=O)(O)OCCCCCOc3ccc(N=Nc4ccc(CCCC)cc4)cc3)cc2)cc1. The number of rotatable bonds is 26. The van der Waals surface area contributed by atoms with Crippen molar-refractivity contribution in [2.45, 2.75) is 90.9 Å². The van der Waals surface area contributed by atoms with Gasteiger partial charge in [-0.2, -0.15) is 20.5 Å². The molecule has 0 aliphatic rings. The Labute approximate surface area is 315 Å². The summed E-state index contributed by atoms with van der Waals surface area (Å²) in [6.45, 7) is 5.76. The quantitative estimate of drug-likeness (QED) is 0.0388. The number of hydrogen-bond donors (Lipinski definition) is 1. The van der Waals surface area contributed by atoms with Gasteiger partial charge in [0.25, 0.3) is 0 Å². The summed E-state index contributed by atoms with van der Waals surface area (Å²) in [6, 6.07) is 31.4. The molecule has 0 unspecified atom stereocenters. The van der Waals surface area contributed by atoms with Gasteiger partial charge in [0.2, 0.25) is 0 Å². The van der Waals surface area contributed by atoms with Crippen LogP contribution < -0.4 is 9.47 Å². The summed E-state index contributed by atoms with van der Waals surface area (Å²) in [4.78, 5) is 9.98. The van der Waals surface area contributed by atoms with Crippen LogP contribution in [0.15, 0.2) is 118 Å². The molecule has 4 aromatic rings. The van der Waals surface area contributed by atoms with Gasteiger partial charge in [0, 0.05) is 0 Å². The van der Waals surface area contributed by atoms with Gasteiger partial charge in [-0.15, -0.1) is 0 Å². The van der Waals surface area contributed by atoms with Crippen molar-refractivity contribution in [1.29, 1.82) is 0 Å². The molecule has 0 aliphatic heterocycles. The maximum atomic E-state index is 12.2. The number of phosphoric acid groups is 1. The van der Waals surface area contributed by atoms with Gasteiger partial charge in [-0.05, 0) is 148 Å². The fourth-order valence-corrected chi connectivity index (χ4v) is 6.00. The maximum absolute atomic E-state index is 12.2. The van der Waals surface area contributed by atoms with Crippen LogP contribution in [0.25, 0.3) is 0 Å². The van der Waals surface area contributed by atoms with E-state index in [4.69, 9.17) is 18.5 Å². The van der Waals surface area contributed by atoms with Gasteiger partial charge in [0.05, 0.1) is 49.2 Å². The van der Waals surface area contributed by atoms with Gasteiger partial charge >= 0.3 is 7.82 Å². The van der Waals surface area contributed by atoms with Crippen LogP contribution in [0.5, 0.6) is 11.5 Å². The van der Waals surface area contributed by atoms with E-state index in [-0.39, 0.29) is 13.2 Å². The largest absolute Gasteiger partial charge is 0.494 e. The molecule has 0 saturated carbocycles. The fourth-order valence-electron chi connectivity index (χ4n) is 5.21. The molecule has 10 nitrogen and oxygen atoms in total. The Morgan fingerprint density at radius 1 is 0.453 bits per heavy atom. The standard InChI is InChI=1S/C42H55N4O6P/c1-3-5-13-35-15-19-37(20-16-35)43-45-39-23-27-41(28-24-39)49-31-9-7-11-33-51-53(47,48)52-34-12-8-10-32-50-42-29-25-40(26-30-42)46-44-38-21-17-36(18-22-38)14-6-4-2/h15-30H,3-14,31-34H2,1-2H3,(H,47,48). The lowest BCUT2D eigenvalue weighted by molar-refractivity contribution is 0.144. The molecule has 53 heavy (non-hydrogen) atoms. The molecular formula is C42H55N4O6P. The van der Waals surface area contributed by atoms with Gasteiger partial charge in [0.15, 0.2) is 0 Å². The molecule has 0 bridgehead atoms. The third-order valence-corrected chi connectivity index (χ3v) is 9.39. The Hall–Kier alpha value is -4.21. The predicted octanol–water partition coefficient (Wildman–Crippen LogP) is 13.1. The molecule has 1 N–H and O–H groups in total. The monoisotopic (exact) mass is 742 g/mol. The van der Waals surface area contributed by atoms with Gasteiger partial charge in [-0.25, -0.2) is 4.57 Å². The van der Waals surface area contributed by atoms with Crippen molar-refractivity contribution in [3.63, 3.8) is 0 Å². The first kappa shape index (κ1) is 41.5. The van der Waals surface area contributed by atoms with Crippen LogP contribution in [0.1, 0.15) is 89.2 Å². The zero-order valence-electron chi connectivity index (χ0n) is 31.3. The van der Waals surface area contributed by atoms with E-state index in [1.54, 1.807) is 0 Å². The Kier molecular flexibility index (Phi) is 18.9. The van der Waals surface area contributed by atoms with Crippen molar-refractivity contribution in [2.75, 3.05) is 26.4 Å². The lowest BCUT2D eigenvalue weighted by Crippen LogP contribution is -2.02. The molecule has 0 spiro atoms. The second-order valence-corrected chi connectivity index (χ2v) is 14.3. The Morgan fingerprint density at radius 2 is 0.774 bits per heavy atom. The average Bonchev–Trinajstić information content (AvgIpc) is 3.18. The molecule has 284 valence electrons. The molecule has 0 fully saturated rings. The summed E-state index contributed by atoms with van der Waals surface area (Å²) in [5.41, 5.74) is 5.81.